The van der Waals surface area contributed by atoms with Crippen LogP contribution in [0.4, 0.5) is 0 Å². The van der Waals surface area contributed by atoms with Crippen LogP contribution in [0.25, 0.3) is 5.69 Å². The van der Waals surface area contributed by atoms with Crippen molar-refractivity contribution in [1.82, 2.24) is 4.57 Å². The van der Waals surface area contributed by atoms with Crippen LogP contribution in [0.5, 0.6) is 0 Å². The van der Waals surface area contributed by atoms with Gasteiger partial charge in [-0.1, -0.05) is 24.3 Å². The van der Waals surface area contributed by atoms with Crippen molar-refractivity contribution in [3.8, 4) is 5.69 Å². The Hall–Kier alpha value is -2.56. The molecule has 0 amide bonds. The van der Waals surface area contributed by atoms with Gasteiger partial charge in [-0.25, -0.2) is 14.2 Å². The van der Waals surface area contributed by atoms with Crippen molar-refractivity contribution in [3.63, 3.8) is 0 Å². The minimum atomic E-state index is -0.430. The van der Waals surface area contributed by atoms with E-state index in [4.69, 9.17) is 9.15 Å². The number of aromatic nitrogens is 1. The third kappa shape index (κ3) is 1.97. The van der Waals surface area contributed by atoms with Crippen LogP contribution in [-0.2, 0) is 22.4 Å². The molecular formula is C15H13NO4. The summed E-state index contributed by atoms with van der Waals surface area (Å²) in [4.78, 5) is 23.5. The highest BCUT2D eigenvalue weighted by atomic mass is 16.5. The van der Waals surface area contributed by atoms with Gasteiger partial charge in [0.05, 0.1) is 18.5 Å². The van der Waals surface area contributed by atoms with Crippen LogP contribution < -0.4 is 5.76 Å². The van der Waals surface area contributed by atoms with Crippen LogP contribution in [0.15, 0.2) is 51.2 Å². The van der Waals surface area contributed by atoms with Gasteiger partial charge in [-0.3, -0.25) is 0 Å². The Morgan fingerprint density at radius 2 is 2.05 bits per heavy atom. The number of hydrogen-bond donors (Lipinski definition) is 0. The SMILES string of the molecule is COC(=O)C1=CCc2c(oc(=O)n2-c2ccccc2)C1. The molecule has 20 heavy (non-hydrogen) atoms. The quantitative estimate of drug-likeness (QED) is 0.779. The molecule has 1 aromatic carbocycles. The number of para-hydroxylation sites is 1. The third-order valence-corrected chi connectivity index (χ3v) is 3.34. The van der Waals surface area contributed by atoms with Crippen LogP contribution in [0, 0.1) is 0 Å². The summed E-state index contributed by atoms with van der Waals surface area (Å²) >= 11 is 0. The molecule has 3 rings (SSSR count). The maximum absolute atomic E-state index is 12.0. The smallest absolute Gasteiger partial charge is 0.424 e. The largest absolute Gasteiger partial charge is 0.466 e. The van der Waals surface area contributed by atoms with Crippen LogP contribution in [-0.4, -0.2) is 17.6 Å². The van der Waals surface area contributed by atoms with E-state index in [1.54, 1.807) is 10.6 Å². The van der Waals surface area contributed by atoms with Gasteiger partial charge in [0.25, 0.3) is 0 Å². The van der Waals surface area contributed by atoms with Gasteiger partial charge in [0, 0.05) is 18.4 Å². The fourth-order valence-electron chi connectivity index (χ4n) is 2.38. The maximum Gasteiger partial charge on any atom is 0.424 e. The average molecular weight is 271 g/mol. The molecular weight excluding hydrogens is 258 g/mol. The summed E-state index contributed by atoms with van der Waals surface area (Å²) in [6.07, 6.45) is 2.54. The lowest BCUT2D eigenvalue weighted by atomic mass is 10.0. The van der Waals surface area contributed by atoms with Crippen molar-refractivity contribution in [2.75, 3.05) is 7.11 Å². The number of nitrogens with zero attached hydrogens (tertiary/aromatic N) is 1. The van der Waals surface area contributed by atoms with E-state index in [1.165, 1.54) is 7.11 Å². The first kappa shape index (κ1) is 12.5. The number of hydrogen-bond acceptors (Lipinski definition) is 4. The van der Waals surface area contributed by atoms with Gasteiger partial charge in [-0.05, 0) is 12.1 Å². The highest BCUT2D eigenvalue weighted by molar-refractivity contribution is 5.89. The Bertz CT molecular complexity index is 737. The predicted octanol–water partition coefficient (Wildman–Crippen LogP) is 1.63. The maximum atomic E-state index is 12.0. The summed E-state index contributed by atoms with van der Waals surface area (Å²) < 4.78 is 11.5. The highest BCUT2D eigenvalue weighted by Gasteiger charge is 2.24. The van der Waals surface area contributed by atoms with Gasteiger partial charge in [0.15, 0.2) is 0 Å². The van der Waals surface area contributed by atoms with E-state index < -0.39 is 5.76 Å². The number of carbonyl (C=O) groups is 1. The molecule has 5 heteroatoms. The number of methoxy groups -OCH3 is 1. The molecule has 102 valence electrons. The van der Waals surface area contributed by atoms with Crippen molar-refractivity contribution < 1.29 is 13.9 Å². The minimum absolute atomic E-state index is 0.289. The van der Waals surface area contributed by atoms with Gasteiger partial charge in [0.2, 0.25) is 0 Å². The summed E-state index contributed by atoms with van der Waals surface area (Å²) in [6, 6.07) is 9.29. The van der Waals surface area contributed by atoms with Gasteiger partial charge >= 0.3 is 11.7 Å². The molecule has 0 bridgehead atoms. The van der Waals surface area contributed by atoms with Gasteiger partial charge in [0.1, 0.15) is 5.76 Å². The number of ether oxygens (including phenoxy) is 1. The first-order valence-corrected chi connectivity index (χ1v) is 6.27. The first-order chi connectivity index (χ1) is 9.70. The number of oxazole rings is 1. The summed E-state index contributed by atoms with van der Waals surface area (Å²) in [6.45, 7) is 0. The number of esters is 1. The Balaban J connectivity index is 2.04. The summed E-state index contributed by atoms with van der Waals surface area (Å²) in [7, 11) is 1.34. The zero-order chi connectivity index (χ0) is 14.1. The second-order valence-electron chi connectivity index (χ2n) is 4.51. The van der Waals surface area contributed by atoms with Crippen LogP contribution in [0.3, 0.4) is 0 Å². The van der Waals surface area contributed by atoms with Crippen molar-refractivity contribution >= 4 is 5.97 Å². The topological polar surface area (TPSA) is 61.4 Å². The monoisotopic (exact) mass is 271 g/mol. The second-order valence-corrected chi connectivity index (χ2v) is 4.51. The van der Waals surface area contributed by atoms with E-state index in [0.29, 0.717) is 17.8 Å². The lowest BCUT2D eigenvalue weighted by molar-refractivity contribution is -0.136. The molecule has 1 aliphatic carbocycles. The van der Waals surface area contributed by atoms with Crippen molar-refractivity contribution in [2.24, 2.45) is 0 Å². The molecule has 2 aromatic rings. The van der Waals surface area contributed by atoms with E-state index in [9.17, 15) is 9.59 Å². The molecule has 0 saturated heterocycles. The zero-order valence-electron chi connectivity index (χ0n) is 11.0. The lowest BCUT2D eigenvalue weighted by Crippen LogP contribution is -2.16. The first-order valence-electron chi connectivity index (χ1n) is 6.27. The molecule has 5 nitrogen and oxygen atoms in total. The molecule has 0 fully saturated rings. The second kappa shape index (κ2) is 4.85. The molecule has 1 heterocycles. The molecule has 0 aliphatic heterocycles. The molecule has 0 radical (unpaired) electrons. The molecule has 0 atom stereocenters. The number of fused-ring (bicyclic) bond motifs is 1. The summed E-state index contributed by atoms with van der Waals surface area (Å²) in [5.41, 5.74) is 2.07. The van der Waals surface area contributed by atoms with Crippen LogP contribution >= 0.6 is 0 Å². The van der Waals surface area contributed by atoms with E-state index in [-0.39, 0.29) is 12.4 Å². The summed E-state index contributed by atoms with van der Waals surface area (Å²) in [5, 5.41) is 0. The Morgan fingerprint density at radius 1 is 1.30 bits per heavy atom. The third-order valence-electron chi connectivity index (χ3n) is 3.34. The number of benzene rings is 1. The fraction of sp³-hybridized carbons (Fsp3) is 0.200. The van der Waals surface area contributed by atoms with Crippen molar-refractivity contribution in [1.29, 1.82) is 0 Å². The van der Waals surface area contributed by atoms with Crippen molar-refractivity contribution in [2.45, 2.75) is 12.8 Å². The number of allylic oxidation sites excluding steroid dienone is 1. The Labute approximate surface area is 115 Å². The Kier molecular flexibility index (Phi) is 3.02. The summed E-state index contributed by atoms with van der Waals surface area (Å²) in [5.74, 6) is -0.284. The molecule has 0 N–H and O–H groups in total. The standard InChI is InChI=1S/C15H13NO4/c1-19-14(17)10-7-8-12-13(9-10)20-15(18)16(12)11-5-3-2-4-6-11/h2-7H,8-9H2,1H3. The fourth-order valence-corrected chi connectivity index (χ4v) is 2.38. The lowest BCUT2D eigenvalue weighted by Gasteiger charge is -2.12. The normalized spacial score (nSPS) is 13.6. The van der Waals surface area contributed by atoms with E-state index >= 15 is 0 Å². The average Bonchev–Trinajstić information content (AvgIpc) is 2.82. The predicted molar refractivity (Wildman–Crippen MR) is 71.8 cm³/mol. The molecule has 1 aromatic heterocycles. The van der Waals surface area contributed by atoms with Gasteiger partial charge < -0.3 is 9.15 Å². The van der Waals surface area contributed by atoms with Crippen LogP contribution in [0.2, 0.25) is 0 Å². The van der Waals surface area contributed by atoms with E-state index in [2.05, 4.69) is 0 Å². The van der Waals surface area contributed by atoms with Gasteiger partial charge in [-0.2, -0.15) is 0 Å². The highest BCUT2D eigenvalue weighted by Crippen LogP contribution is 2.23. The minimum Gasteiger partial charge on any atom is -0.466 e. The number of rotatable bonds is 2. The van der Waals surface area contributed by atoms with Gasteiger partial charge in [-0.15, -0.1) is 0 Å². The zero-order valence-corrected chi connectivity index (χ0v) is 11.0. The van der Waals surface area contributed by atoms with E-state index in [0.717, 1.165) is 11.4 Å². The molecule has 0 spiro atoms. The van der Waals surface area contributed by atoms with E-state index in [1.807, 2.05) is 30.3 Å². The number of carbonyl (C=O) groups excluding carboxylic acids is 1. The van der Waals surface area contributed by atoms with Crippen LogP contribution in [0.1, 0.15) is 11.5 Å². The van der Waals surface area contributed by atoms with Crippen molar-refractivity contribution in [3.05, 3.63) is 64.0 Å². The molecule has 0 unspecified atom stereocenters. The Morgan fingerprint density at radius 3 is 2.75 bits per heavy atom. The molecule has 0 saturated carbocycles. The molecule has 1 aliphatic rings.